The third-order valence-corrected chi connectivity index (χ3v) is 6.26. The Hall–Kier alpha value is -3.50. The normalized spacial score (nSPS) is 20.2. The molecule has 33 heavy (non-hydrogen) atoms. The number of carbonyl (C=O) groups excluding carboxylic acids is 2. The first-order valence-corrected chi connectivity index (χ1v) is 10.6. The molecule has 2 aliphatic rings. The van der Waals surface area contributed by atoms with Crippen LogP contribution in [0.1, 0.15) is 59.5 Å². The van der Waals surface area contributed by atoms with Gasteiger partial charge in [0.1, 0.15) is 29.7 Å². The van der Waals surface area contributed by atoms with E-state index in [2.05, 4.69) is 5.32 Å². The van der Waals surface area contributed by atoms with E-state index < -0.39 is 58.1 Å². The zero-order valence-electron chi connectivity index (χ0n) is 18.1. The molecule has 2 bridgehead atoms. The van der Waals surface area contributed by atoms with Crippen molar-refractivity contribution in [3.63, 3.8) is 0 Å². The van der Waals surface area contributed by atoms with Crippen LogP contribution < -0.4 is 15.8 Å². The predicted molar refractivity (Wildman–Crippen MR) is 112 cm³/mol. The highest BCUT2D eigenvalue weighted by molar-refractivity contribution is 5.99. The lowest BCUT2D eigenvalue weighted by atomic mass is 10.0. The molecular formula is C22H23F3N4O4. The molecule has 0 unspecified atom stereocenters. The van der Waals surface area contributed by atoms with Crippen molar-refractivity contribution in [3.8, 4) is 5.75 Å². The summed E-state index contributed by atoms with van der Waals surface area (Å²) in [6.07, 6.45) is 3.60. The van der Waals surface area contributed by atoms with Gasteiger partial charge in [0.05, 0.1) is 0 Å². The van der Waals surface area contributed by atoms with Crippen molar-refractivity contribution < 1.29 is 27.9 Å². The standard InChI is InChI=1S/C22H23F3N4O4/c1-11-4-3-5-12(2)29-10-27(11)22(33)18-20(31)19(30)15(9-28(18)29)21(32)26-8-14-16(24)6-13(23)7-17(14)25/h6-7,9,11-12,31H,3-5,8,10H2,1-2H3,(H,26,32)/t11-,12+/m1/s1. The minimum atomic E-state index is -1.19. The largest absolute Gasteiger partial charge is 0.502 e. The van der Waals surface area contributed by atoms with E-state index in [9.17, 15) is 32.7 Å². The van der Waals surface area contributed by atoms with E-state index in [1.807, 2.05) is 13.8 Å². The third-order valence-electron chi connectivity index (χ3n) is 6.26. The van der Waals surface area contributed by atoms with Crippen LogP contribution >= 0.6 is 0 Å². The summed E-state index contributed by atoms with van der Waals surface area (Å²) in [4.78, 5) is 40.1. The van der Waals surface area contributed by atoms with E-state index in [0.29, 0.717) is 12.1 Å². The summed E-state index contributed by atoms with van der Waals surface area (Å²) in [5.41, 5.74) is -2.39. The van der Waals surface area contributed by atoms with Crippen LogP contribution in [0, 0.1) is 17.5 Å². The Morgan fingerprint density at radius 3 is 2.42 bits per heavy atom. The second kappa shape index (κ2) is 8.45. The number of fused-ring (bicyclic) bond motifs is 4. The van der Waals surface area contributed by atoms with Gasteiger partial charge in [0, 0.05) is 42.5 Å². The number of rotatable bonds is 3. The summed E-state index contributed by atoms with van der Waals surface area (Å²) in [5.74, 6) is -5.88. The summed E-state index contributed by atoms with van der Waals surface area (Å²) in [6, 6.07) is 0.795. The first-order chi connectivity index (χ1) is 15.6. The molecule has 0 saturated carbocycles. The van der Waals surface area contributed by atoms with Gasteiger partial charge in [-0.25, -0.2) is 13.2 Å². The van der Waals surface area contributed by atoms with E-state index in [4.69, 9.17) is 0 Å². The minimum absolute atomic E-state index is 0.0629. The fraction of sp³-hybridized carbons (Fsp3) is 0.409. The van der Waals surface area contributed by atoms with Crippen molar-refractivity contribution in [3.05, 3.63) is 62.8 Å². The van der Waals surface area contributed by atoms with Gasteiger partial charge >= 0.3 is 0 Å². The molecular weight excluding hydrogens is 441 g/mol. The van der Waals surface area contributed by atoms with Gasteiger partial charge < -0.3 is 15.3 Å². The van der Waals surface area contributed by atoms with Crippen LogP contribution in [0.3, 0.4) is 0 Å². The molecule has 3 heterocycles. The second-order valence-electron chi connectivity index (χ2n) is 8.43. The monoisotopic (exact) mass is 464 g/mol. The first kappa shape index (κ1) is 22.7. The maximum absolute atomic E-state index is 13.9. The molecule has 0 aliphatic carbocycles. The van der Waals surface area contributed by atoms with Crippen LogP contribution in [0.15, 0.2) is 23.1 Å². The highest BCUT2D eigenvalue weighted by atomic mass is 19.1. The molecule has 1 saturated heterocycles. The summed E-state index contributed by atoms with van der Waals surface area (Å²) in [6.45, 7) is 3.39. The van der Waals surface area contributed by atoms with Crippen molar-refractivity contribution >= 4 is 11.8 Å². The average Bonchev–Trinajstić information content (AvgIpc) is 2.74. The highest BCUT2D eigenvalue weighted by Gasteiger charge is 2.38. The van der Waals surface area contributed by atoms with Crippen molar-refractivity contribution in [2.24, 2.45) is 0 Å². The Kier molecular flexibility index (Phi) is 5.81. The van der Waals surface area contributed by atoms with Crippen molar-refractivity contribution in [1.82, 2.24) is 14.9 Å². The number of benzene rings is 1. The molecule has 2 aliphatic heterocycles. The lowest BCUT2D eigenvalue weighted by Crippen LogP contribution is -2.60. The zero-order valence-corrected chi connectivity index (χ0v) is 18.1. The number of halogens is 3. The van der Waals surface area contributed by atoms with E-state index in [-0.39, 0.29) is 24.4 Å². The van der Waals surface area contributed by atoms with Crippen LogP contribution in [0.5, 0.6) is 5.75 Å². The van der Waals surface area contributed by atoms with Crippen molar-refractivity contribution in [2.45, 2.75) is 51.7 Å². The molecule has 2 atom stereocenters. The fourth-order valence-corrected chi connectivity index (χ4v) is 4.29. The van der Waals surface area contributed by atoms with Gasteiger partial charge in [0.2, 0.25) is 5.43 Å². The van der Waals surface area contributed by atoms with E-state index in [1.165, 1.54) is 4.68 Å². The molecule has 11 heteroatoms. The van der Waals surface area contributed by atoms with Gasteiger partial charge in [-0.1, -0.05) is 0 Å². The topological polar surface area (TPSA) is 94.9 Å². The van der Waals surface area contributed by atoms with Crippen molar-refractivity contribution in [2.75, 3.05) is 11.7 Å². The minimum Gasteiger partial charge on any atom is -0.502 e. The Bertz CT molecular complexity index is 1180. The molecule has 2 N–H and O–H groups in total. The zero-order chi connectivity index (χ0) is 24.0. The molecule has 1 aromatic heterocycles. The molecule has 4 rings (SSSR count). The number of carbonyl (C=O) groups is 2. The number of nitrogens with one attached hydrogen (secondary N) is 1. The Balaban J connectivity index is 1.71. The number of nitrogens with zero attached hydrogens (tertiary/aromatic N) is 3. The summed E-state index contributed by atoms with van der Waals surface area (Å²) in [5, 5.41) is 14.6. The fourth-order valence-electron chi connectivity index (χ4n) is 4.29. The molecule has 2 aromatic rings. The Labute approximate surface area is 187 Å². The highest BCUT2D eigenvalue weighted by Crippen LogP contribution is 2.28. The molecule has 0 spiro atoms. The first-order valence-electron chi connectivity index (χ1n) is 10.6. The van der Waals surface area contributed by atoms with Gasteiger partial charge in [0.15, 0.2) is 11.4 Å². The van der Waals surface area contributed by atoms with E-state index in [0.717, 1.165) is 25.5 Å². The van der Waals surface area contributed by atoms with Gasteiger partial charge in [-0.15, -0.1) is 0 Å². The Morgan fingerprint density at radius 2 is 1.76 bits per heavy atom. The van der Waals surface area contributed by atoms with Crippen LogP contribution in [-0.4, -0.2) is 45.2 Å². The smallest absolute Gasteiger partial charge is 0.278 e. The Morgan fingerprint density at radius 1 is 1.12 bits per heavy atom. The lowest BCUT2D eigenvalue weighted by Gasteiger charge is -2.46. The van der Waals surface area contributed by atoms with E-state index in [1.54, 1.807) is 9.91 Å². The van der Waals surface area contributed by atoms with Gasteiger partial charge in [-0.2, -0.15) is 0 Å². The molecule has 8 nitrogen and oxygen atoms in total. The number of aromatic nitrogens is 1. The molecule has 0 radical (unpaired) electrons. The summed E-state index contributed by atoms with van der Waals surface area (Å²) < 4.78 is 42.2. The van der Waals surface area contributed by atoms with Gasteiger partial charge in [-0.05, 0) is 33.1 Å². The molecule has 176 valence electrons. The SMILES string of the molecule is C[C@@H]1CCC[C@H](C)N2CN1C(=O)c1c(O)c(=O)c(C(=O)NCc3c(F)cc(F)cc3F)cn12. The summed E-state index contributed by atoms with van der Waals surface area (Å²) in [7, 11) is 0. The third kappa shape index (κ3) is 3.91. The predicted octanol–water partition coefficient (Wildman–Crippen LogP) is 2.21. The average molecular weight is 464 g/mol. The number of amides is 2. The number of pyridine rings is 1. The van der Waals surface area contributed by atoms with E-state index >= 15 is 0 Å². The lowest BCUT2D eigenvalue weighted by molar-refractivity contribution is 0.0565. The van der Waals surface area contributed by atoms with Crippen LogP contribution in [0.25, 0.3) is 0 Å². The molecule has 2 amide bonds. The number of hydrogen-bond donors (Lipinski definition) is 2. The van der Waals surface area contributed by atoms with Crippen molar-refractivity contribution in [1.29, 1.82) is 0 Å². The van der Waals surface area contributed by atoms with Crippen LogP contribution in [-0.2, 0) is 6.54 Å². The number of hydrogen-bond acceptors (Lipinski definition) is 5. The second-order valence-corrected chi connectivity index (χ2v) is 8.43. The maximum Gasteiger partial charge on any atom is 0.278 e. The van der Waals surface area contributed by atoms with Gasteiger partial charge in [-0.3, -0.25) is 24.1 Å². The summed E-state index contributed by atoms with van der Waals surface area (Å²) >= 11 is 0. The number of aromatic hydroxyl groups is 1. The molecule has 1 fully saturated rings. The molecule has 1 aromatic carbocycles. The quantitative estimate of drug-likeness (QED) is 0.727. The van der Waals surface area contributed by atoms with Crippen LogP contribution in [0.2, 0.25) is 0 Å². The maximum atomic E-state index is 13.9. The van der Waals surface area contributed by atoms with Crippen LogP contribution in [0.4, 0.5) is 13.2 Å². The van der Waals surface area contributed by atoms with Gasteiger partial charge in [0.25, 0.3) is 11.8 Å².